The second kappa shape index (κ2) is 9.09. The highest BCUT2D eigenvalue weighted by molar-refractivity contribution is 5.79. The van der Waals surface area contributed by atoms with Gasteiger partial charge in [-0.2, -0.15) is 13.2 Å². The molecule has 1 saturated carbocycles. The number of likely N-dealkylation sites (tertiary alicyclic amines) is 1. The third-order valence-corrected chi connectivity index (χ3v) is 7.75. The van der Waals surface area contributed by atoms with Gasteiger partial charge in [-0.05, 0) is 68.3 Å². The molecule has 2 aromatic rings. The van der Waals surface area contributed by atoms with E-state index in [0.29, 0.717) is 36.2 Å². The number of pyridine rings is 1. The molecule has 3 aliphatic rings. The average Bonchev–Trinajstić information content (AvgIpc) is 3.33. The summed E-state index contributed by atoms with van der Waals surface area (Å²) in [7, 11) is 0. The zero-order valence-electron chi connectivity index (χ0n) is 18.7. The van der Waals surface area contributed by atoms with Crippen molar-refractivity contribution in [3.05, 3.63) is 65.0 Å². The minimum absolute atomic E-state index is 0.0258. The van der Waals surface area contributed by atoms with Crippen LogP contribution < -0.4 is 0 Å². The molecule has 0 bridgehead atoms. The second-order valence-corrected chi connectivity index (χ2v) is 9.72. The minimum Gasteiger partial charge on any atom is -0.338 e. The third kappa shape index (κ3) is 4.79. The Balaban J connectivity index is 1.16. The highest BCUT2D eigenvalue weighted by Crippen LogP contribution is 2.36. The molecule has 176 valence electrons. The lowest BCUT2D eigenvalue weighted by Crippen LogP contribution is -2.42. The lowest BCUT2D eigenvalue weighted by molar-refractivity contribution is -0.137. The Bertz CT molecular complexity index is 986. The van der Waals surface area contributed by atoms with Crippen LogP contribution in [0.25, 0.3) is 0 Å². The molecule has 1 aromatic heterocycles. The summed E-state index contributed by atoms with van der Waals surface area (Å²) in [6, 6.07) is 12.3. The fraction of sp³-hybridized carbons (Fsp3) is 0.538. The van der Waals surface area contributed by atoms with Crippen molar-refractivity contribution in [1.82, 2.24) is 14.8 Å². The van der Waals surface area contributed by atoms with Crippen molar-refractivity contribution in [2.24, 2.45) is 5.92 Å². The molecule has 5 rings (SSSR count). The number of nitrogens with zero attached hydrogens (tertiary/aromatic N) is 3. The second-order valence-electron chi connectivity index (χ2n) is 9.72. The molecule has 7 heteroatoms. The van der Waals surface area contributed by atoms with Crippen molar-refractivity contribution < 1.29 is 18.0 Å². The first kappa shape index (κ1) is 22.4. The molecule has 2 unspecified atom stereocenters. The van der Waals surface area contributed by atoms with Gasteiger partial charge in [0.05, 0.1) is 5.56 Å². The normalized spacial score (nSPS) is 24.6. The first-order valence-electron chi connectivity index (χ1n) is 12.0. The van der Waals surface area contributed by atoms with Crippen LogP contribution in [0.1, 0.15) is 60.4 Å². The molecule has 33 heavy (non-hydrogen) atoms. The average molecular weight is 458 g/mol. The van der Waals surface area contributed by atoms with E-state index in [1.54, 1.807) is 4.90 Å². The van der Waals surface area contributed by atoms with E-state index in [2.05, 4.69) is 40.2 Å². The van der Waals surface area contributed by atoms with Crippen LogP contribution >= 0.6 is 0 Å². The van der Waals surface area contributed by atoms with Crippen LogP contribution in [0, 0.1) is 5.92 Å². The highest BCUT2D eigenvalue weighted by Gasteiger charge is 2.38. The van der Waals surface area contributed by atoms with Gasteiger partial charge in [0.25, 0.3) is 0 Å². The van der Waals surface area contributed by atoms with Crippen molar-refractivity contribution in [3.63, 3.8) is 0 Å². The first-order chi connectivity index (χ1) is 15.9. The van der Waals surface area contributed by atoms with E-state index in [4.69, 9.17) is 0 Å². The number of halogens is 3. The van der Waals surface area contributed by atoms with Gasteiger partial charge in [-0.1, -0.05) is 30.3 Å². The van der Waals surface area contributed by atoms with E-state index >= 15 is 0 Å². The zero-order valence-corrected chi connectivity index (χ0v) is 18.7. The highest BCUT2D eigenvalue weighted by atomic mass is 19.4. The number of rotatable bonds is 3. The maximum atomic E-state index is 13.2. The van der Waals surface area contributed by atoms with Gasteiger partial charge in [-0.25, -0.2) is 0 Å². The topological polar surface area (TPSA) is 36.4 Å². The summed E-state index contributed by atoms with van der Waals surface area (Å²) in [5.74, 6) is 0.687. The largest absolute Gasteiger partial charge is 0.417 e. The molecule has 0 N–H and O–H groups in total. The number of hydrogen-bond donors (Lipinski definition) is 0. The maximum absolute atomic E-state index is 13.2. The van der Waals surface area contributed by atoms with Crippen LogP contribution in [0.2, 0.25) is 0 Å². The molecule has 0 radical (unpaired) electrons. The number of carbonyl (C=O) groups excluding carboxylic acids is 1. The van der Waals surface area contributed by atoms with Crippen molar-refractivity contribution in [2.45, 2.75) is 63.2 Å². The molecule has 4 nitrogen and oxygen atoms in total. The van der Waals surface area contributed by atoms with Gasteiger partial charge in [0, 0.05) is 43.4 Å². The summed E-state index contributed by atoms with van der Waals surface area (Å²) in [6.45, 7) is 2.89. The summed E-state index contributed by atoms with van der Waals surface area (Å²) >= 11 is 0. The monoisotopic (exact) mass is 457 g/mol. The fourth-order valence-electron chi connectivity index (χ4n) is 5.86. The quantitative estimate of drug-likeness (QED) is 0.649. The molecule has 2 atom stereocenters. The Morgan fingerprint density at radius 2 is 1.76 bits per heavy atom. The van der Waals surface area contributed by atoms with Crippen LogP contribution in [-0.4, -0.2) is 46.4 Å². The van der Waals surface area contributed by atoms with Crippen LogP contribution in [0.4, 0.5) is 13.2 Å². The van der Waals surface area contributed by atoms with E-state index < -0.39 is 11.7 Å². The number of piperidine rings is 1. The predicted molar refractivity (Wildman–Crippen MR) is 119 cm³/mol. The molecule has 2 aliphatic heterocycles. The number of alkyl halides is 3. The molecule has 1 amide bonds. The predicted octanol–water partition coefficient (Wildman–Crippen LogP) is 5.03. The van der Waals surface area contributed by atoms with Gasteiger partial charge in [-0.15, -0.1) is 0 Å². The number of hydrogen-bond acceptors (Lipinski definition) is 3. The Morgan fingerprint density at radius 1 is 1.00 bits per heavy atom. The Morgan fingerprint density at radius 3 is 2.48 bits per heavy atom. The molecule has 1 aromatic carbocycles. The molecule has 1 saturated heterocycles. The minimum atomic E-state index is -4.42. The van der Waals surface area contributed by atoms with Crippen LogP contribution in [0.15, 0.2) is 42.6 Å². The van der Waals surface area contributed by atoms with Crippen molar-refractivity contribution >= 4 is 5.91 Å². The van der Waals surface area contributed by atoms with E-state index in [1.165, 1.54) is 5.56 Å². The smallest absolute Gasteiger partial charge is 0.338 e. The first-order valence-corrected chi connectivity index (χ1v) is 12.0. The lowest BCUT2D eigenvalue weighted by Gasteiger charge is -2.36. The van der Waals surface area contributed by atoms with Crippen molar-refractivity contribution in [1.29, 1.82) is 0 Å². The Hall–Kier alpha value is -2.41. The van der Waals surface area contributed by atoms with Crippen molar-refractivity contribution in [3.8, 4) is 0 Å². The molecular weight excluding hydrogens is 427 g/mol. The van der Waals surface area contributed by atoms with E-state index in [9.17, 15) is 18.0 Å². The van der Waals surface area contributed by atoms with E-state index in [-0.39, 0.29) is 18.4 Å². The lowest BCUT2D eigenvalue weighted by atomic mass is 9.89. The van der Waals surface area contributed by atoms with E-state index in [1.807, 2.05) is 0 Å². The zero-order chi connectivity index (χ0) is 23.0. The van der Waals surface area contributed by atoms with Gasteiger partial charge >= 0.3 is 6.18 Å². The Kier molecular flexibility index (Phi) is 6.16. The van der Waals surface area contributed by atoms with Gasteiger partial charge < -0.3 is 9.80 Å². The van der Waals surface area contributed by atoms with Gasteiger partial charge in [0.1, 0.15) is 0 Å². The van der Waals surface area contributed by atoms with Crippen LogP contribution in [0.5, 0.6) is 0 Å². The van der Waals surface area contributed by atoms with Crippen LogP contribution in [-0.2, 0) is 23.9 Å². The molecule has 1 aliphatic carbocycles. The number of fused-ring (bicyclic) bond motifs is 1. The number of aromatic nitrogens is 1. The molecule has 2 fully saturated rings. The molecule has 3 heterocycles. The Labute approximate surface area is 192 Å². The van der Waals surface area contributed by atoms with Gasteiger partial charge in [0.15, 0.2) is 0 Å². The SMILES string of the molecule is O=C(C1CCC(N2CCC(c3ccccc3)CC2)C1)N1CCc2ncc(C(F)(F)F)cc2C1. The third-order valence-electron chi connectivity index (χ3n) is 7.75. The molecular formula is C26H30F3N3O. The summed E-state index contributed by atoms with van der Waals surface area (Å²) in [5.41, 5.74) is 1.89. The fourth-order valence-corrected chi connectivity index (χ4v) is 5.86. The summed E-state index contributed by atoms with van der Waals surface area (Å²) in [6.07, 6.45) is 2.05. The van der Waals surface area contributed by atoms with Gasteiger partial charge in [0.2, 0.25) is 5.91 Å². The maximum Gasteiger partial charge on any atom is 0.417 e. The summed E-state index contributed by atoms with van der Waals surface area (Å²) in [5, 5.41) is 0. The van der Waals surface area contributed by atoms with Crippen LogP contribution in [0.3, 0.4) is 0 Å². The number of amides is 1. The van der Waals surface area contributed by atoms with Crippen molar-refractivity contribution in [2.75, 3.05) is 19.6 Å². The molecule has 0 spiro atoms. The summed E-state index contributed by atoms with van der Waals surface area (Å²) < 4.78 is 39.2. The van der Waals surface area contributed by atoms with E-state index in [0.717, 1.165) is 57.5 Å². The van der Waals surface area contributed by atoms with Gasteiger partial charge in [-0.3, -0.25) is 9.78 Å². The summed E-state index contributed by atoms with van der Waals surface area (Å²) in [4.78, 5) is 21.5. The number of benzene rings is 1. The standard InChI is InChI=1S/C26H30F3N3O/c27-26(28,29)22-14-21-17-32(13-10-24(21)30-16-22)25(33)20-6-7-23(15-20)31-11-8-19(9-12-31)18-4-2-1-3-5-18/h1-5,14,16,19-20,23H,6-13,15,17H2. The number of carbonyl (C=O) groups is 1.